The molecular weight excluding hydrogens is 510 g/mol. The highest BCUT2D eigenvalue weighted by Crippen LogP contribution is 2.28. The van der Waals surface area contributed by atoms with Gasteiger partial charge in [-0.15, -0.1) is 0 Å². The molecule has 2 aromatic carbocycles. The first-order chi connectivity index (χ1) is 16.6. The molecule has 0 radical (unpaired) electrons. The third-order valence-electron chi connectivity index (χ3n) is 6.19. The predicted octanol–water partition coefficient (Wildman–Crippen LogP) is 4.14. The van der Waals surface area contributed by atoms with E-state index in [9.17, 15) is 18.0 Å². The molecule has 0 bridgehead atoms. The zero-order valence-corrected chi connectivity index (χ0v) is 22.0. The third kappa shape index (κ3) is 5.06. The normalized spacial score (nSPS) is 17.6. The Hall–Kier alpha value is -2.53. The first-order valence-electron chi connectivity index (χ1n) is 11.2. The van der Waals surface area contributed by atoms with Crippen molar-refractivity contribution in [2.24, 2.45) is 4.99 Å². The number of amides is 1. The number of ether oxygens (including phenoxy) is 1. The first kappa shape index (κ1) is 25.6. The molecule has 1 fully saturated rings. The Bertz CT molecular complexity index is 1460. The maximum Gasteiger partial charge on any atom is 0.325 e. The number of hydrogen-bond acceptors (Lipinski definition) is 6. The minimum atomic E-state index is -3.64. The van der Waals surface area contributed by atoms with E-state index in [1.807, 2.05) is 19.9 Å². The third-order valence-corrected chi connectivity index (χ3v) is 9.67. The Balaban J connectivity index is 1.70. The number of esters is 1. The number of sulfonamides is 1. The summed E-state index contributed by atoms with van der Waals surface area (Å²) in [5.74, 6) is -1.03. The van der Waals surface area contributed by atoms with E-state index in [1.165, 1.54) is 47.0 Å². The number of aromatic nitrogens is 1. The Morgan fingerprint density at radius 3 is 2.54 bits per heavy atom. The van der Waals surface area contributed by atoms with Crippen molar-refractivity contribution in [3.05, 3.63) is 57.3 Å². The molecule has 3 aromatic rings. The molecule has 1 aliphatic heterocycles. The molecule has 35 heavy (non-hydrogen) atoms. The predicted molar refractivity (Wildman–Crippen MR) is 135 cm³/mol. The Morgan fingerprint density at radius 2 is 1.89 bits per heavy atom. The van der Waals surface area contributed by atoms with Gasteiger partial charge in [-0.2, -0.15) is 9.30 Å². The number of nitrogens with zero attached hydrogens (tertiary/aromatic N) is 3. The van der Waals surface area contributed by atoms with Gasteiger partial charge in [-0.05, 0) is 68.7 Å². The molecule has 8 nitrogen and oxygen atoms in total. The summed E-state index contributed by atoms with van der Waals surface area (Å²) in [6.45, 7) is 4.11. The van der Waals surface area contributed by atoms with E-state index in [4.69, 9.17) is 16.3 Å². The van der Waals surface area contributed by atoms with Crippen molar-refractivity contribution >= 4 is 55.1 Å². The molecule has 1 aliphatic rings. The largest absolute Gasteiger partial charge is 0.468 e. The lowest BCUT2D eigenvalue weighted by Gasteiger charge is -2.32. The smallest absolute Gasteiger partial charge is 0.325 e. The summed E-state index contributed by atoms with van der Waals surface area (Å²) in [4.78, 5) is 29.8. The number of hydrogen-bond donors (Lipinski definition) is 0. The number of rotatable bonds is 5. The van der Waals surface area contributed by atoms with Gasteiger partial charge in [0, 0.05) is 23.2 Å². The van der Waals surface area contributed by atoms with E-state index in [0.717, 1.165) is 29.5 Å². The van der Waals surface area contributed by atoms with Crippen LogP contribution in [0.2, 0.25) is 5.02 Å². The molecule has 0 spiro atoms. The number of piperidine rings is 1. The second-order valence-corrected chi connectivity index (χ2v) is 11.8. The monoisotopic (exact) mass is 535 g/mol. The molecule has 1 amide bonds. The summed E-state index contributed by atoms with van der Waals surface area (Å²) in [7, 11) is -2.35. The molecule has 186 valence electrons. The second kappa shape index (κ2) is 10.2. The fraction of sp³-hybridized carbons (Fsp3) is 0.375. The molecule has 1 saturated heterocycles. The molecule has 0 saturated carbocycles. The van der Waals surface area contributed by atoms with E-state index in [1.54, 1.807) is 10.6 Å². The molecule has 1 unspecified atom stereocenters. The average molecular weight is 536 g/mol. The van der Waals surface area contributed by atoms with Crippen LogP contribution in [0.3, 0.4) is 0 Å². The van der Waals surface area contributed by atoms with Gasteiger partial charge >= 0.3 is 5.97 Å². The Labute approximate surface area is 212 Å². The summed E-state index contributed by atoms with van der Waals surface area (Å²) < 4.78 is 34.9. The number of halogens is 1. The van der Waals surface area contributed by atoms with Gasteiger partial charge in [-0.1, -0.05) is 29.4 Å². The van der Waals surface area contributed by atoms with Crippen molar-refractivity contribution in [3.63, 3.8) is 0 Å². The van der Waals surface area contributed by atoms with Crippen LogP contribution in [-0.4, -0.2) is 48.9 Å². The van der Waals surface area contributed by atoms with E-state index < -0.39 is 21.9 Å². The van der Waals surface area contributed by atoms with Gasteiger partial charge in [-0.25, -0.2) is 8.42 Å². The molecule has 1 atom stereocenters. The molecule has 1 aromatic heterocycles. The first-order valence-corrected chi connectivity index (χ1v) is 13.8. The van der Waals surface area contributed by atoms with Crippen LogP contribution >= 0.6 is 22.9 Å². The fourth-order valence-electron chi connectivity index (χ4n) is 4.23. The maximum atomic E-state index is 13.1. The molecule has 2 heterocycles. The highest BCUT2D eigenvalue weighted by Gasteiger charge is 2.31. The van der Waals surface area contributed by atoms with Crippen molar-refractivity contribution < 1.29 is 22.7 Å². The van der Waals surface area contributed by atoms with E-state index in [2.05, 4.69) is 4.99 Å². The van der Waals surface area contributed by atoms with Crippen LogP contribution < -0.4 is 4.80 Å². The number of benzene rings is 2. The average Bonchev–Trinajstić information content (AvgIpc) is 3.18. The van der Waals surface area contributed by atoms with Crippen LogP contribution in [0.25, 0.3) is 10.2 Å². The van der Waals surface area contributed by atoms with Gasteiger partial charge < -0.3 is 9.30 Å². The standard InChI is InChI=1S/C24H26ClN3O5S2/c1-15-6-4-5-13-28(15)35(31,32)18-9-7-17(8-10-18)23(30)26-24-27(14-21(29)33-3)22-16(2)19(25)11-12-20(22)34-24/h7-12,15H,4-6,13-14H2,1-3H3. The lowest BCUT2D eigenvalue weighted by atomic mass is 10.1. The van der Waals surface area contributed by atoms with E-state index >= 15 is 0 Å². The number of carbonyl (C=O) groups excluding carboxylic acids is 2. The summed E-state index contributed by atoms with van der Waals surface area (Å²) >= 11 is 7.54. The zero-order chi connectivity index (χ0) is 25.3. The Kier molecular flexibility index (Phi) is 7.46. The summed E-state index contributed by atoms with van der Waals surface area (Å²) in [6.07, 6.45) is 2.69. The van der Waals surface area contributed by atoms with Crippen molar-refractivity contribution in [2.45, 2.75) is 50.6 Å². The maximum absolute atomic E-state index is 13.1. The van der Waals surface area contributed by atoms with Crippen molar-refractivity contribution in [3.8, 4) is 0 Å². The highest BCUT2D eigenvalue weighted by atomic mass is 35.5. The van der Waals surface area contributed by atoms with Crippen LogP contribution in [0.4, 0.5) is 0 Å². The van der Waals surface area contributed by atoms with Crippen LogP contribution in [0.1, 0.15) is 42.1 Å². The van der Waals surface area contributed by atoms with Crippen LogP contribution in [-0.2, 0) is 26.1 Å². The van der Waals surface area contributed by atoms with E-state index in [-0.39, 0.29) is 23.0 Å². The van der Waals surface area contributed by atoms with Crippen LogP contribution in [0.15, 0.2) is 46.3 Å². The number of methoxy groups -OCH3 is 1. The molecule has 4 rings (SSSR count). The zero-order valence-electron chi connectivity index (χ0n) is 19.7. The van der Waals surface area contributed by atoms with Gasteiger partial charge in [-0.3, -0.25) is 9.59 Å². The highest BCUT2D eigenvalue weighted by molar-refractivity contribution is 7.89. The number of thiazole rings is 1. The van der Waals surface area contributed by atoms with Crippen molar-refractivity contribution in [1.29, 1.82) is 0 Å². The molecule has 11 heteroatoms. The van der Waals surface area contributed by atoms with Crippen molar-refractivity contribution in [1.82, 2.24) is 8.87 Å². The minimum Gasteiger partial charge on any atom is -0.468 e. The van der Waals surface area contributed by atoms with Gasteiger partial charge in [0.15, 0.2) is 4.80 Å². The van der Waals surface area contributed by atoms with E-state index in [0.29, 0.717) is 21.9 Å². The summed E-state index contributed by atoms with van der Waals surface area (Å²) in [5.41, 5.74) is 1.71. The van der Waals surface area contributed by atoms with Gasteiger partial charge in [0.1, 0.15) is 6.54 Å². The second-order valence-electron chi connectivity index (χ2n) is 8.47. The minimum absolute atomic E-state index is 0.0553. The Morgan fingerprint density at radius 1 is 1.17 bits per heavy atom. The number of fused-ring (bicyclic) bond motifs is 1. The molecule has 0 aliphatic carbocycles. The number of aryl methyl sites for hydroxylation is 1. The summed E-state index contributed by atoms with van der Waals surface area (Å²) in [5, 5.41) is 0.534. The van der Waals surface area contributed by atoms with Crippen LogP contribution in [0.5, 0.6) is 0 Å². The quantitative estimate of drug-likeness (QED) is 0.457. The van der Waals surface area contributed by atoms with Crippen LogP contribution in [0, 0.1) is 6.92 Å². The number of carbonyl (C=O) groups is 2. The molecular formula is C24H26ClN3O5S2. The van der Waals surface area contributed by atoms with Gasteiger partial charge in [0.05, 0.1) is 22.2 Å². The van der Waals surface area contributed by atoms with Gasteiger partial charge in [0.2, 0.25) is 10.0 Å². The SMILES string of the molecule is COC(=O)Cn1c(=NC(=O)c2ccc(S(=O)(=O)N3CCCCC3C)cc2)sc2ccc(Cl)c(C)c21. The summed E-state index contributed by atoms with van der Waals surface area (Å²) in [6, 6.07) is 9.33. The lowest BCUT2D eigenvalue weighted by molar-refractivity contribution is -0.141. The fourth-order valence-corrected chi connectivity index (χ4v) is 7.17. The topological polar surface area (TPSA) is 98.0 Å². The molecule has 0 N–H and O–H groups in total. The van der Waals surface area contributed by atoms with Crippen molar-refractivity contribution in [2.75, 3.05) is 13.7 Å². The van der Waals surface area contributed by atoms with Gasteiger partial charge in [0.25, 0.3) is 5.91 Å². The lowest BCUT2D eigenvalue weighted by Crippen LogP contribution is -2.41.